The molecule has 0 amide bonds. The van der Waals surface area contributed by atoms with Crippen molar-refractivity contribution in [2.75, 3.05) is 7.11 Å². The number of hydrogen-bond acceptors (Lipinski definition) is 6. The maximum absolute atomic E-state index is 13.2. The van der Waals surface area contributed by atoms with Gasteiger partial charge >= 0.3 is 0 Å². The molecule has 0 spiro atoms. The van der Waals surface area contributed by atoms with E-state index in [2.05, 4.69) is 56.6 Å². The van der Waals surface area contributed by atoms with E-state index in [-0.39, 0.29) is 11.6 Å². The van der Waals surface area contributed by atoms with Gasteiger partial charge in [0.1, 0.15) is 5.75 Å². The second-order valence-electron chi connectivity index (χ2n) is 9.07. The van der Waals surface area contributed by atoms with Gasteiger partial charge in [0.2, 0.25) is 0 Å². The molecule has 0 saturated heterocycles. The molecule has 0 aliphatic carbocycles. The Balaban J connectivity index is 1.51. The van der Waals surface area contributed by atoms with Gasteiger partial charge < -0.3 is 9.72 Å². The molecule has 0 saturated carbocycles. The highest BCUT2D eigenvalue weighted by Crippen LogP contribution is 2.27. The Morgan fingerprint density at radius 3 is 2.38 bits per heavy atom. The Morgan fingerprint density at radius 2 is 1.68 bits per heavy atom. The predicted octanol–water partition coefficient (Wildman–Crippen LogP) is 4.73. The van der Waals surface area contributed by atoms with Gasteiger partial charge in [-0.05, 0) is 51.6 Å². The van der Waals surface area contributed by atoms with Crippen LogP contribution in [-0.2, 0) is 19.6 Å². The standard InChI is InChI=1S/C29H30N6O2/c1-3-27(28-31-32-33-35(28)19-22-12-8-5-9-13-22)34(18-21-10-6-4-7-11-21)20-24-16-23-14-15-25(37-2)17-26(23)30-29(24)36/h4-17,27H,3,18-20H2,1-2H3,(H,30,36). The molecule has 2 aromatic heterocycles. The third-order valence-electron chi connectivity index (χ3n) is 6.59. The van der Waals surface area contributed by atoms with Crippen molar-refractivity contribution in [2.45, 2.75) is 39.0 Å². The first kappa shape index (κ1) is 24.4. The molecule has 5 aromatic rings. The maximum Gasteiger partial charge on any atom is 0.252 e. The molecule has 1 N–H and O–H groups in total. The Bertz CT molecular complexity index is 1510. The van der Waals surface area contributed by atoms with E-state index in [9.17, 15) is 4.79 Å². The lowest BCUT2D eigenvalue weighted by Gasteiger charge is -2.30. The minimum Gasteiger partial charge on any atom is -0.497 e. The van der Waals surface area contributed by atoms with Crippen LogP contribution < -0.4 is 10.3 Å². The van der Waals surface area contributed by atoms with Crippen LogP contribution in [-0.4, -0.2) is 37.2 Å². The van der Waals surface area contributed by atoms with Crippen LogP contribution in [0, 0.1) is 0 Å². The number of nitrogens with zero attached hydrogens (tertiary/aromatic N) is 5. The number of H-pyrrole nitrogens is 1. The quantitative estimate of drug-likeness (QED) is 0.302. The molecule has 2 heterocycles. The van der Waals surface area contributed by atoms with Crippen molar-refractivity contribution in [2.24, 2.45) is 0 Å². The number of methoxy groups -OCH3 is 1. The first-order valence-corrected chi connectivity index (χ1v) is 12.4. The third-order valence-corrected chi connectivity index (χ3v) is 6.59. The Hall–Kier alpha value is -4.30. The number of nitrogens with one attached hydrogen (secondary N) is 1. The van der Waals surface area contributed by atoms with Gasteiger partial charge in [0.15, 0.2) is 5.82 Å². The first-order valence-electron chi connectivity index (χ1n) is 12.4. The average molecular weight is 495 g/mol. The van der Waals surface area contributed by atoms with Crippen LogP contribution in [0.1, 0.15) is 41.9 Å². The summed E-state index contributed by atoms with van der Waals surface area (Å²) in [5.41, 5.74) is 3.61. The van der Waals surface area contributed by atoms with Crippen molar-refractivity contribution in [3.8, 4) is 5.75 Å². The molecule has 1 unspecified atom stereocenters. The molecule has 0 aliphatic heterocycles. The number of aromatic nitrogens is 5. The zero-order valence-corrected chi connectivity index (χ0v) is 21.0. The fraction of sp³-hybridized carbons (Fsp3) is 0.241. The van der Waals surface area contributed by atoms with Crippen LogP contribution >= 0.6 is 0 Å². The van der Waals surface area contributed by atoms with Gasteiger partial charge in [0.05, 0.1) is 25.2 Å². The number of hydrogen-bond donors (Lipinski definition) is 1. The van der Waals surface area contributed by atoms with Crippen LogP contribution in [0.25, 0.3) is 10.9 Å². The summed E-state index contributed by atoms with van der Waals surface area (Å²) in [5, 5.41) is 13.7. The number of pyridine rings is 1. The van der Waals surface area contributed by atoms with Gasteiger partial charge in [-0.15, -0.1) is 5.10 Å². The van der Waals surface area contributed by atoms with E-state index in [4.69, 9.17) is 4.74 Å². The van der Waals surface area contributed by atoms with Crippen LogP contribution in [0.5, 0.6) is 5.75 Å². The summed E-state index contributed by atoms with van der Waals surface area (Å²) in [6, 6.07) is 28.0. The number of rotatable bonds is 10. The highest BCUT2D eigenvalue weighted by molar-refractivity contribution is 5.80. The highest BCUT2D eigenvalue weighted by atomic mass is 16.5. The summed E-state index contributed by atoms with van der Waals surface area (Å²) in [4.78, 5) is 18.5. The van der Waals surface area contributed by atoms with Gasteiger partial charge in [-0.3, -0.25) is 9.69 Å². The van der Waals surface area contributed by atoms with Gasteiger partial charge in [-0.2, -0.15) is 0 Å². The number of ether oxygens (including phenoxy) is 1. The summed E-state index contributed by atoms with van der Waals surface area (Å²) < 4.78 is 7.17. The summed E-state index contributed by atoms with van der Waals surface area (Å²) in [7, 11) is 1.62. The van der Waals surface area contributed by atoms with Gasteiger partial charge in [-0.25, -0.2) is 4.68 Å². The normalized spacial score (nSPS) is 12.2. The SMILES string of the molecule is CCC(c1nnnn1Cc1ccccc1)N(Cc1ccccc1)Cc1cc2ccc(OC)cc2[nH]c1=O. The van der Waals surface area contributed by atoms with Crippen LogP contribution in [0.3, 0.4) is 0 Å². The summed E-state index contributed by atoms with van der Waals surface area (Å²) in [5.74, 6) is 1.49. The second kappa shape index (κ2) is 11.2. The summed E-state index contributed by atoms with van der Waals surface area (Å²) in [6.45, 7) is 3.80. The molecule has 8 nitrogen and oxygen atoms in total. The fourth-order valence-corrected chi connectivity index (χ4v) is 4.71. The molecule has 37 heavy (non-hydrogen) atoms. The second-order valence-corrected chi connectivity index (χ2v) is 9.07. The van der Waals surface area contributed by atoms with E-state index in [1.807, 2.05) is 65.3 Å². The van der Waals surface area contributed by atoms with Crippen molar-refractivity contribution >= 4 is 10.9 Å². The molecule has 3 aromatic carbocycles. The van der Waals surface area contributed by atoms with E-state index in [0.29, 0.717) is 30.9 Å². The predicted molar refractivity (Wildman–Crippen MR) is 143 cm³/mol. The van der Waals surface area contributed by atoms with E-state index in [0.717, 1.165) is 34.3 Å². The van der Waals surface area contributed by atoms with Crippen LogP contribution in [0.15, 0.2) is 89.7 Å². The van der Waals surface area contributed by atoms with Crippen LogP contribution in [0.4, 0.5) is 0 Å². The first-order chi connectivity index (χ1) is 18.1. The third kappa shape index (κ3) is 5.59. The van der Waals surface area contributed by atoms with E-state index < -0.39 is 0 Å². The minimum absolute atomic E-state index is 0.0927. The Kier molecular flexibility index (Phi) is 7.37. The molecular formula is C29H30N6O2. The van der Waals surface area contributed by atoms with Crippen molar-refractivity contribution < 1.29 is 4.74 Å². The fourth-order valence-electron chi connectivity index (χ4n) is 4.71. The molecule has 8 heteroatoms. The minimum atomic E-state index is -0.113. The average Bonchev–Trinajstić information content (AvgIpc) is 3.38. The number of aromatic amines is 1. The number of benzene rings is 3. The monoisotopic (exact) mass is 494 g/mol. The van der Waals surface area contributed by atoms with Gasteiger partial charge in [-0.1, -0.05) is 67.6 Å². The molecule has 0 aliphatic rings. The van der Waals surface area contributed by atoms with E-state index >= 15 is 0 Å². The van der Waals surface area contributed by atoms with Crippen molar-refractivity contribution in [1.82, 2.24) is 30.1 Å². The molecule has 188 valence electrons. The van der Waals surface area contributed by atoms with Crippen molar-refractivity contribution in [1.29, 1.82) is 0 Å². The van der Waals surface area contributed by atoms with Crippen LogP contribution in [0.2, 0.25) is 0 Å². The van der Waals surface area contributed by atoms with E-state index in [1.165, 1.54) is 0 Å². The maximum atomic E-state index is 13.2. The molecule has 0 bridgehead atoms. The largest absolute Gasteiger partial charge is 0.497 e. The van der Waals surface area contributed by atoms with Crippen molar-refractivity contribution in [3.63, 3.8) is 0 Å². The number of fused-ring (bicyclic) bond motifs is 1. The molecule has 0 radical (unpaired) electrons. The van der Waals surface area contributed by atoms with Gasteiger partial charge in [0, 0.05) is 24.7 Å². The molecule has 5 rings (SSSR count). The Labute approximate surface area is 215 Å². The summed E-state index contributed by atoms with van der Waals surface area (Å²) in [6.07, 6.45) is 0.782. The summed E-state index contributed by atoms with van der Waals surface area (Å²) >= 11 is 0. The lowest BCUT2D eigenvalue weighted by Crippen LogP contribution is -2.32. The number of tetrazole rings is 1. The van der Waals surface area contributed by atoms with Gasteiger partial charge in [0.25, 0.3) is 5.56 Å². The molecule has 1 atom stereocenters. The zero-order chi connectivity index (χ0) is 25.6. The van der Waals surface area contributed by atoms with E-state index in [1.54, 1.807) is 7.11 Å². The molecular weight excluding hydrogens is 464 g/mol. The smallest absolute Gasteiger partial charge is 0.252 e. The highest BCUT2D eigenvalue weighted by Gasteiger charge is 2.26. The topological polar surface area (TPSA) is 88.9 Å². The molecule has 0 fully saturated rings. The lowest BCUT2D eigenvalue weighted by molar-refractivity contribution is 0.161. The zero-order valence-electron chi connectivity index (χ0n) is 21.0. The lowest BCUT2D eigenvalue weighted by atomic mass is 10.1. The Morgan fingerprint density at radius 1 is 0.946 bits per heavy atom. The van der Waals surface area contributed by atoms with Crippen molar-refractivity contribution in [3.05, 3.63) is 118 Å².